The van der Waals surface area contributed by atoms with Crippen molar-refractivity contribution in [1.82, 2.24) is 9.97 Å². The molecule has 0 bridgehead atoms. The second kappa shape index (κ2) is 6.52. The highest BCUT2D eigenvalue weighted by Crippen LogP contribution is 2.25. The van der Waals surface area contributed by atoms with Gasteiger partial charge in [-0.25, -0.2) is 9.97 Å². The molecule has 0 fully saturated rings. The number of rotatable bonds is 4. The van der Waals surface area contributed by atoms with Crippen molar-refractivity contribution < 1.29 is 0 Å². The predicted molar refractivity (Wildman–Crippen MR) is 88.7 cm³/mol. The van der Waals surface area contributed by atoms with Crippen molar-refractivity contribution in [1.29, 1.82) is 0 Å². The molecular weight excluding hydrogens is 373 g/mol. The van der Waals surface area contributed by atoms with E-state index in [1.807, 2.05) is 24.3 Å². The van der Waals surface area contributed by atoms with E-state index in [2.05, 4.69) is 51.7 Å². The quantitative estimate of drug-likeness (QED) is 0.790. The van der Waals surface area contributed by atoms with E-state index in [-0.39, 0.29) is 0 Å². The van der Waals surface area contributed by atoms with Crippen molar-refractivity contribution in [3.63, 3.8) is 0 Å². The van der Waals surface area contributed by atoms with Crippen LogP contribution in [0.15, 0.2) is 24.3 Å². The molecule has 5 heteroatoms. The molecule has 1 aromatic heterocycles. The first-order valence-corrected chi connectivity index (χ1v) is 7.67. The van der Waals surface area contributed by atoms with Crippen LogP contribution < -0.4 is 5.32 Å². The zero-order valence-electron chi connectivity index (χ0n) is 10.9. The molecule has 0 aliphatic rings. The minimum Gasteiger partial charge on any atom is -0.369 e. The Morgan fingerprint density at radius 3 is 2.42 bits per heavy atom. The first-order valence-electron chi connectivity index (χ1n) is 6.22. The molecule has 0 spiro atoms. The molecular formula is C14H15ClIN3. The van der Waals surface area contributed by atoms with Gasteiger partial charge in [-0.1, -0.05) is 18.5 Å². The Morgan fingerprint density at radius 1 is 1.16 bits per heavy atom. The summed E-state index contributed by atoms with van der Waals surface area (Å²) in [5, 5.41) is 4.01. The fourth-order valence-electron chi connectivity index (χ4n) is 1.74. The van der Waals surface area contributed by atoms with Gasteiger partial charge in [-0.05, 0) is 60.2 Å². The predicted octanol–water partition coefficient (Wildman–Crippen LogP) is 4.40. The van der Waals surface area contributed by atoms with Crippen molar-refractivity contribution in [3.8, 4) is 11.4 Å². The fourth-order valence-corrected chi connectivity index (χ4v) is 2.68. The average molecular weight is 388 g/mol. The highest BCUT2D eigenvalue weighted by atomic mass is 127. The fraction of sp³-hybridized carbons (Fsp3) is 0.286. The summed E-state index contributed by atoms with van der Waals surface area (Å²) < 4.78 is 1.10. The summed E-state index contributed by atoms with van der Waals surface area (Å²) in [6.45, 7) is 5.01. The monoisotopic (exact) mass is 387 g/mol. The molecule has 0 aliphatic carbocycles. The van der Waals surface area contributed by atoms with Crippen LogP contribution in [-0.4, -0.2) is 16.5 Å². The zero-order chi connectivity index (χ0) is 13.8. The molecule has 0 amide bonds. The third-order valence-corrected chi connectivity index (χ3v) is 4.09. The second-order valence-corrected chi connectivity index (χ2v) is 5.56. The largest absolute Gasteiger partial charge is 0.369 e. The topological polar surface area (TPSA) is 37.8 Å². The van der Waals surface area contributed by atoms with E-state index in [4.69, 9.17) is 11.6 Å². The van der Waals surface area contributed by atoms with Crippen LogP contribution in [0.2, 0.25) is 5.02 Å². The molecule has 0 atom stereocenters. The van der Waals surface area contributed by atoms with Gasteiger partial charge in [-0.15, -0.1) is 0 Å². The summed E-state index contributed by atoms with van der Waals surface area (Å²) in [6, 6.07) is 7.60. The SMILES string of the molecule is CCNc1nc(-c2ccc(Cl)cc2)nc(CC)c1I. The first-order chi connectivity index (χ1) is 9.15. The lowest BCUT2D eigenvalue weighted by Gasteiger charge is -2.11. The molecule has 2 aromatic rings. The van der Waals surface area contributed by atoms with Crippen molar-refractivity contribution >= 4 is 40.0 Å². The lowest BCUT2D eigenvalue weighted by atomic mass is 10.2. The number of anilines is 1. The van der Waals surface area contributed by atoms with E-state index in [0.717, 1.165) is 44.5 Å². The Hall–Kier alpha value is -0.880. The van der Waals surface area contributed by atoms with Crippen LogP contribution in [0, 0.1) is 3.57 Å². The highest BCUT2D eigenvalue weighted by Gasteiger charge is 2.11. The van der Waals surface area contributed by atoms with E-state index in [1.165, 1.54) is 0 Å². The number of aromatic nitrogens is 2. The Kier molecular flexibility index (Phi) is 4.99. The van der Waals surface area contributed by atoms with Gasteiger partial charge in [0.1, 0.15) is 5.82 Å². The lowest BCUT2D eigenvalue weighted by molar-refractivity contribution is 0.982. The molecule has 19 heavy (non-hydrogen) atoms. The molecule has 2 rings (SSSR count). The molecule has 0 saturated heterocycles. The summed E-state index contributed by atoms with van der Waals surface area (Å²) in [4.78, 5) is 9.23. The smallest absolute Gasteiger partial charge is 0.161 e. The average Bonchev–Trinajstić information content (AvgIpc) is 2.42. The minimum atomic E-state index is 0.719. The van der Waals surface area contributed by atoms with Gasteiger partial charge in [0.05, 0.1) is 9.26 Å². The molecule has 0 radical (unpaired) electrons. The number of halogens is 2. The van der Waals surface area contributed by atoms with Gasteiger partial charge < -0.3 is 5.32 Å². The Morgan fingerprint density at radius 2 is 1.84 bits per heavy atom. The van der Waals surface area contributed by atoms with E-state index < -0.39 is 0 Å². The number of aryl methyl sites for hydroxylation is 1. The molecule has 1 N–H and O–H groups in total. The number of nitrogens with zero attached hydrogens (tertiary/aromatic N) is 2. The van der Waals surface area contributed by atoms with Crippen LogP contribution in [0.25, 0.3) is 11.4 Å². The highest BCUT2D eigenvalue weighted by molar-refractivity contribution is 14.1. The zero-order valence-corrected chi connectivity index (χ0v) is 13.8. The molecule has 0 saturated carbocycles. The molecule has 100 valence electrons. The molecule has 1 heterocycles. The van der Waals surface area contributed by atoms with Crippen molar-refractivity contribution in [2.75, 3.05) is 11.9 Å². The maximum atomic E-state index is 5.91. The van der Waals surface area contributed by atoms with Gasteiger partial charge in [0.15, 0.2) is 5.82 Å². The summed E-state index contributed by atoms with van der Waals surface area (Å²) in [5.41, 5.74) is 2.05. The number of benzene rings is 1. The van der Waals surface area contributed by atoms with Crippen LogP contribution >= 0.6 is 34.2 Å². The number of hydrogen-bond donors (Lipinski definition) is 1. The number of hydrogen-bond acceptors (Lipinski definition) is 3. The van der Waals surface area contributed by atoms with Crippen molar-refractivity contribution in [2.45, 2.75) is 20.3 Å². The van der Waals surface area contributed by atoms with Crippen LogP contribution in [0.5, 0.6) is 0 Å². The van der Waals surface area contributed by atoms with E-state index in [0.29, 0.717) is 0 Å². The Labute approximate surface area is 132 Å². The van der Waals surface area contributed by atoms with Gasteiger partial charge in [0.25, 0.3) is 0 Å². The van der Waals surface area contributed by atoms with Crippen LogP contribution in [0.3, 0.4) is 0 Å². The minimum absolute atomic E-state index is 0.719. The van der Waals surface area contributed by atoms with Gasteiger partial charge in [0, 0.05) is 17.1 Å². The molecule has 0 unspecified atom stereocenters. The van der Waals surface area contributed by atoms with E-state index in [1.54, 1.807) is 0 Å². The van der Waals surface area contributed by atoms with Crippen molar-refractivity contribution in [3.05, 3.63) is 38.6 Å². The third-order valence-electron chi connectivity index (χ3n) is 2.70. The summed E-state index contributed by atoms with van der Waals surface area (Å²) >= 11 is 8.21. The summed E-state index contributed by atoms with van der Waals surface area (Å²) in [5.74, 6) is 1.64. The maximum Gasteiger partial charge on any atom is 0.161 e. The van der Waals surface area contributed by atoms with Crippen molar-refractivity contribution in [2.24, 2.45) is 0 Å². The Balaban J connectivity index is 2.51. The summed E-state index contributed by atoms with van der Waals surface area (Å²) in [7, 11) is 0. The van der Waals surface area contributed by atoms with E-state index in [9.17, 15) is 0 Å². The van der Waals surface area contributed by atoms with Gasteiger partial charge in [0.2, 0.25) is 0 Å². The molecule has 0 aliphatic heterocycles. The molecule has 1 aromatic carbocycles. The summed E-state index contributed by atoms with van der Waals surface area (Å²) in [6.07, 6.45) is 0.889. The molecule has 3 nitrogen and oxygen atoms in total. The van der Waals surface area contributed by atoms with Gasteiger partial charge in [-0.3, -0.25) is 0 Å². The first kappa shape index (κ1) is 14.5. The van der Waals surface area contributed by atoms with Gasteiger partial charge in [-0.2, -0.15) is 0 Å². The Bertz CT molecular complexity index is 570. The third kappa shape index (κ3) is 3.36. The second-order valence-electron chi connectivity index (χ2n) is 4.05. The van der Waals surface area contributed by atoms with E-state index >= 15 is 0 Å². The van der Waals surface area contributed by atoms with Crippen LogP contribution in [-0.2, 0) is 6.42 Å². The van der Waals surface area contributed by atoms with Crippen LogP contribution in [0.4, 0.5) is 5.82 Å². The maximum absolute atomic E-state index is 5.91. The number of nitrogens with one attached hydrogen (secondary N) is 1. The normalized spacial score (nSPS) is 10.5. The lowest BCUT2D eigenvalue weighted by Crippen LogP contribution is -2.07. The van der Waals surface area contributed by atoms with Crippen LogP contribution in [0.1, 0.15) is 19.5 Å². The van der Waals surface area contributed by atoms with Gasteiger partial charge >= 0.3 is 0 Å². The standard InChI is InChI=1S/C14H15ClIN3/c1-3-11-12(16)14(17-4-2)19-13(18-11)9-5-7-10(15)8-6-9/h5-8H,3-4H2,1-2H3,(H,17,18,19).